The van der Waals surface area contributed by atoms with Crippen LogP contribution in [0.25, 0.3) is 0 Å². The number of sulfone groups is 1. The third-order valence-electron chi connectivity index (χ3n) is 3.59. The molecule has 0 bridgehead atoms. The van der Waals surface area contributed by atoms with Gasteiger partial charge in [0, 0.05) is 18.2 Å². The van der Waals surface area contributed by atoms with Crippen molar-refractivity contribution in [3.63, 3.8) is 0 Å². The molecule has 1 aromatic rings. The fourth-order valence-electron chi connectivity index (χ4n) is 2.51. The van der Waals surface area contributed by atoms with Crippen LogP contribution in [0.15, 0.2) is 24.3 Å². The second kappa shape index (κ2) is 6.14. The Bertz CT molecular complexity index is 527. The highest BCUT2D eigenvalue weighted by Gasteiger charge is 2.30. The molecule has 2 unspecified atom stereocenters. The standard InChI is InChI=1S/C14H19ClO3S/c1-19(16,17)13-7-4-6-12(9-13)18-14-8-3-2-5-11(14)10-15/h2-3,5,8,12-13H,4,6-7,9-10H2,1H3. The number of hydrogen-bond acceptors (Lipinski definition) is 3. The number of benzene rings is 1. The van der Waals surface area contributed by atoms with Crippen molar-refractivity contribution in [3.8, 4) is 5.75 Å². The fourth-order valence-corrected chi connectivity index (χ4v) is 3.89. The molecule has 1 aromatic carbocycles. The van der Waals surface area contributed by atoms with E-state index in [9.17, 15) is 8.42 Å². The number of ether oxygens (including phenoxy) is 1. The van der Waals surface area contributed by atoms with Gasteiger partial charge in [-0.3, -0.25) is 0 Å². The van der Waals surface area contributed by atoms with Crippen LogP contribution in [0.5, 0.6) is 5.75 Å². The van der Waals surface area contributed by atoms with Crippen LogP contribution in [0, 0.1) is 0 Å². The quantitative estimate of drug-likeness (QED) is 0.802. The first-order valence-corrected chi connectivity index (χ1v) is 8.99. The summed E-state index contributed by atoms with van der Waals surface area (Å²) in [5.74, 6) is 1.18. The average molecular weight is 303 g/mol. The Kier molecular flexibility index (Phi) is 4.74. The summed E-state index contributed by atoms with van der Waals surface area (Å²) >= 11 is 5.88. The minimum Gasteiger partial charge on any atom is -0.490 e. The summed E-state index contributed by atoms with van der Waals surface area (Å²) in [6.07, 6.45) is 4.41. The van der Waals surface area contributed by atoms with Crippen LogP contribution in [0.1, 0.15) is 31.2 Å². The largest absolute Gasteiger partial charge is 0.490 e. The van der Waals surface area contributed by atoms with Crippen molar-refractivity contribution in [3.05, 3.63) is 29.8 Å². The molecule has 19 heavy (non-hydrogen) atoms. The van der Waals surface area contributed by atoms with E-state index < -0.39 is 9.84 Å². The van der Waals surface area contributed by atoms with E-state index in [-0.39, 0.29) is 11.4 Å². The zero-order valence-electron chi connectivity index (χ0n) is 11.0. The van der Waals surface area contributed by atoms with E-state index in [2.05, 4.69) is 0 Å². The molecule has 0 N–H and O–H groups in total. The smallest absolute Gasteiger partial charge is 0.150 e. The summed E-state index contributed by atoms with van der Waals surface area (Å²) < 4.78 is 29.2. The van der Waals surface area contributed by atoms with E-state index in [1.165, 1.54) is 6.26 Å². The van der Waals surface area contributed by atoms with Crippen LogP contribution in [-0.2, 0) is 15.7 Å². The molecule has 0 spiro atoms. The van der Waals surface area contributed by atoms with E-state index in [0.29, 0.717) is 12.3 Å². The van der Waals surface area contributed by atoms with Crippen molar-refractivity contribution in [2.24, 2.45) is 0 Å². The number of hydrogen-bond donors (Lipinski definition) is 0. The van der Waals surface area contributed by atoms with E-state index >= 15 is 0 Å². The van der Waals surface area contributed by atoms with Gasteiger partial charge < -0.3 is 4.74 Å². The molecule has 0 aromatic heterocycles. The molecule has 106 valence electrons. The Balaban J connectivity index is 2.07. The summed E-state index contributed by atoms with van der Waals surface area (Å²) in [5.41, 5.74) is 0.950. The zero-order valence-corrected chi connectivity index (χ0v) is 12.6. The lowest BCUT2D eigenvalue weighted by Gasteiger charge is -2.29. The first-order valence-electron chi connectivity index (χ1n) is 6.50. The van der Waals surface area contributed by atoms with Gasteiger partial charge in [-0.1, -0.05) is 18.2 Å². The van der Waals surface area contributed by atoms with Crippen molar-refractivity contribution in [1.82, 2.24) is 0 Å². The van der Waals surface area contributed by atoms with E-state index in [0.717, 1.165) is 30.6 Å². The summed E-state index contributed by atoms with van der Waals surface area (Å²) in [7, 11) is -2.97. The van der Waals surface area contributed by atoms with Gasteiger partial charge in [-0.25, -0.2) is 8.42 Å². The number of alkyl halides is 1. The molecule has 0 radical (unpaired) electrons. The highest BCUT2D eigenvalue weighted by molar-refractivity contribution is 7.91. The SMILES string of the molecule is CS(=O)(=O)C1CCCC(Oc2ccccc2CCl)C1. The lowest BCUT2D eigenvalue weighted by atomic mass is 9.97. The molecule has 5 heteroatoms. The lowest BCUT2D eigenvalue weighted by Crippen LogP contribution is -2.33. The van der Waals surface area contributed by atoms with Crippen molar-refractivity contribution >= 4 is 21.4 Å². The molecule has 2 rings (SSSR count). The maximum atomic E-state index is 11.6. The van der Waals surface area contributed by atoms with Gasteiger partial charge in [-0.2, -0.15) is 0 Å². The average Bonchev–Trinajstić information content (AvgIpc) is 2.39. The molecule has 3 nitrogen and oxygen atoms in total. The van der Waals surface area contributed by atoms with Gasteiger partial charge in [0.05, 0.1) is 17.2 Å². The van der Waals surface area contributed by atoms with Crippen molar-refractivity contribution in [2.45, 2.75) is 42.9 Å². The minimum absolute atomic E-state index is 0.0298. The molecule has 0 saturated heterocycles. The first-order chi connectivity index (χ1) is 9.00. The highest BCUT2D eigenvalue weighted by Crippen LogP contribution is 2.29. The van der Waals surface area contributed by atoms with E-state index in [1.807, 2.05) is 24.3 Å². The molecule has 1 fully saturated rings. The van der Waals surface area contributed by atoms with Gasteiger partial charge in [-0.05, 0) is 25.3 Å². The summed E-state index contributed by atoms with van der Waals surface area (Å²) in [5, 5.41) is -0.269. The molecule has 0 aliphatic heterocycles. The van der Waals surface area contributed by atoms with Gasteiger partial charge in [0.2, 0.25) is 0 Å². The minimum atomic E-state index is -2.97. The molecular weight excluding hydrogens is 284 g/mol. The molecule has 0 amide bonds. The van der Waals surface area contributed by atoms with Crippen molar-refractivity contribution < 1.29 is 13.2 Å². The Hall–Kier alpha value is -0.740. The Labute approximate surface area is 119 Å². The number of halogens is 1. The Morgan fingerprint density at radius 1 is 1.32 bits per heavy atom. The van der Waals surface area contributed by atoms with Gasteiger partial charge in [0.15, 0.2) is 0 Å². The number of rotatable bonds is 4. The van der Waals surface area contributed by atoms with Crippen LogP contribution >= 0.6 is 11.6 Å². The van der Waals surface area contributed by atoms with Crippen LogP contribution < -0.4 is 4.74 Å². The van der Waals surface area contributed by atoms with Crippen LogP contribution in [0.2, 0.25) is 0 Å². The van der Waals surface area contributed by atoms with Crippen molar-refractivity contribution in [2.75, 3.05) is 6.26 Å². The topological polar surface area (TPSA) is 43.4 Å². The second-order valence-corrected chi connectivity index (χ2v) is 7.69. The zero-order chi connectivity index (χ0) is 13.9. The van der Waals surface area contributed by atoms with Gasteiger partial charge >= 0.3 is 0 Å². The maximum absolute atomic E-state index is 11.6. The molecule has 2 atom stereocenters. The Morgan fingerprint density at radius 3 is 2.74 bits per heavy atom. The molecule has 1 aliphatic rings. The number of para-hydroxylation sites is 1. The predicted octanol–water partition coefficient (Wildman–Crippen LogP) is 3.16. The lowest BCUT2D eigenvalue weighted by molar-refractivity contribution is 0.155. The summed E-state index contributed by atoms with van der Waals surface area (Å²) in [6, 6.07) is 7.65. The Morgan fingerprint density at radius 2 is 2.05 bits per heavy atom. The third-order valence-corrected chi connectivity index (χ3v) is 5.52. The van der Waals surface area contributed by atoms with Crippen LogP contribution in [-0.4, -0.2) is 26.0 Å². The van der Waals surface area contributed by atoms with E-state index in [4.69, 9.17) is 16.3 Å². The van der Waals surface area contributed by atoms with Crippen LogP contribution in [0.3, 0.4) is 0 Å². The van der Waals surface area contributed by atoms with Crippen molar-refractivity contribution in [1.29, 1.82) is 0 Å². The molecule has 1 aliphatic carbocycles. The maximum Gasteiger partial charge on any atom is 0.150 e. The first kappa shape index (κ1) is 14.7. The van der Waals surface area contributed by atoms with Crippen LogP contribution in [0.4, 0.5) is 0 Å². The molecule has 0 heterocycles. The fraction of sp³-hybridized carbons (Fsp3) is 0.571. The molecule has 1 saturated carbocycles. The predicted molar refractivity (Wildman–Crippen MR) is 77.5 cm³/mol. The normalized spacial score (nSPS) is 24.1. The summed E-state index contributed by atoms with van der Waals surface area (Å²) in [6.45, 7) is 0. The highest BCUT2D eigenvalue weighted by atomic mass is 35.5. The second-order valence-electron chi connectivity index (χ2n) is 5.10. The van der Waals surface area contributed by atoms with Gasteiger partial charge in [0.25, 0.3) is 0 Å². The summed E-state index contributed by atoms with van der Waals surface area (Å²) in [4.78, 5) is 0. The third kappa shape index (κ3) is 3.86. The monoisotopic (exact) mass is 302 g/mol. The van der Waals surface area contributed by atoms with E-state index in [1.54, 1.807) is 0 Å². The van der Waals surface area contributed by atoms with Gasteiger partial charge in [0.1, 0.15) is 15.6 Å². The molecular formula is C14H19ClO3S. The van der Waals surface area contributed by atoms with Gasteiger partial charge in [-0.15, -0.1) is 11.6 Å².